The third-order valence-corrected chi connectivity index (χ3v) is 7.12. The van der Waals surface area contributed by atoms with E-state index < -0.39 is 0 Å². The Hall–Kier alpha value is -4.65. The summed E-state index contributed by atoms with van der Waals surface area (Å²) in [6.45, 7) is 4.66. The number of aromatic nitrogens is 3. The molecule has 0 aliphatic carbocycles. The average Bonchev–Trinajstić information content (AvgIpc) is 3.37. The molecule has 2 aromatic heterocycles. The Bertz CT molecular complexity index is 1600. The van der Waals surface area contributed by atoms with E-state index in [-0.39, 0.29) is 5.91 Å². The molecule has 0 bridgehead atoms. The largest absolute Gasteiger partial charge is 0.495 e. The number of anilines is 1. The molecule has 0 spiro atoms. The van der Waals surface area contributed by atoms with Crippen molar-refractivity contribution in [2.45, 2.75) is 6.92 Å². The first-order valence-corrected chi connectivity index (χ1v) is 12.8. The number of hydrogen-bond donors (Lipinski definition) is 0. The van der Waals surface area contributed by atoms with Crippen LogP contribution >= 0.6 is 0 Å². The molecule has 0 radical (unpaired) electrons. The molecule has 0 saturated carbocycles. The predicted octanol–water partition coefficient (Wildman–Crippen LogP) is 5.37. The maximum Gasteiger partial charge on any atom is 0.253 e. The lowest BCUT2D eigenvalue weighted by molar-refractivity contribution is 0.0746. The van der Waals surface area contributed by atoms with E-state index in [2.05, 4.69) is 27.8 Å². The molecule has 1 amide bonds. The van der Waals surface area contributed by atoms with Crippen molar-refractivity contribution in [2.24, 2.45) is 0 Å². The van der Waals surface area contributed by atoms with Crippen LogP contribution in [0.1, 0.15) is 15.9 Å². The number of fused-ring (bicyclic) bond motifs is 1. The van der Waals surface area contributed by atoms with Gasteiger partial charge in [0.25, 0.3) is 5.91 Å². The summed E-state index contributed by atoms with van der Waals surface area (Å²) in [7, 11) is 1.68. The maximum absolute atomic E-state index is 13.1. The van der Waals surface area contributed by atoms with Crippen LogP contribution in [0.25, 0.3) is 27.8 Å². The number of benzene rings is 3. The van der Waals surface area contributed by atoms with Crippen molar-refractivity contribution in [3.8, 4) is 22.6 Å². The van der Waals surface area contributed by atoms with Crippen molar-refractivity contribution in [3.63, 3.8) is 0 Å². The van der Waals surface area contributed by atoms with Crippen molar-refractivity contribution < 1.29 is 9.53 Å². The van der Waals surface area contributed by atoms with Crippen LogP contribution < -0.4 is 9.64 Å². The van der Waals surface area contributed by atoms with Gasteiger partial charge in [0, 0.05) is 43.5 Å². The van der Waals surface area contributed by atoms with Gasteiger partial charge in [-0.05, 0) is 36.8 Å². The van der Waals surface area contributed by atoms with Crippen molar-refractivity contribution in [1.82, 2.24) is 19.4 Å². The van der Waals surface area contributed by atoms with Crippen LogP contribution in [0.4, 0.5) is 5.82 Å². The van der Waals surface area contributed by atoms with E-state index in [0.29, 0.717) is 26.2 Å². The first kappa shape index (κ1) is 23.7. The van der Waals surface area contributed by atoms with Crippen LogP contribution in [-0.4, -0.2) is 58.6 Å². The number of piperazine rings is 1. The van der Waals surface area contributed by atoms with Crippen molar-refractivity contribution in [3.05, 3.63) is 103 Å². The third kappa shape index (κ3) is 4.26. The standard InChI is InChI=1S/C31H29N5O2/c1-22-9-8-12-24(19-22)31(37)35-17-15-34(16-18-35)29-28-25(23-10-4-3-5-11-23)20-36(30(28)33-21-32-29)26-13-6-7-14-27(26)38-2/h3-14,19-21H,15-18H2,1-2H3. The summed E-state index contributed by atoms with van der Waals surface area (Å²) >= 11 is 0. The fraction of sp³-hybridized carbons (Fsp3) is 0.194. The second-order valence-electron chi connectivity index (χ2n) is 9.50. The molecule has 190 valence electrons. The van der Waals surface area contributed by atoms with Crippen molar-refractivity contribution in [2.75, 3.05) is 38.2 Å². The van der Waals surface area contributed by atoms with Crippen LogP contribution in [0.3, 0.4) is 0 Å². The number of hydrogen-bond acceptors (Lipinski definition) is 5. The molecular weight excluding hydrogens is 474 g/mol. The number of methoxy groups -OCH3 is 1. The quantitative estimate of drug-likeness (QED) is 0.323. The lowest BCUT2D eigenvalue weighted by Crippen LogP contribution is -2.49. The maximum atomic E-state index is 13.1. The number of carbonyl (C=O) groups is 1. The summed E-state index contributed by atoms with van der Waals surface area (Å²) in [6, 6.07) is 26.1. The second kappa shape index (κ2) is 10.0. The third-order valence-electron chi connectivity index (χ3n) is 7.12. The molecule has 1 aliphatic heterocycles. The SMILES string of the molecule is COc1ccccc1-n1cc(-c2ccccc2)c2c(N3CCN(C(=O)c4cccc(C)c4)CC3)ncnc21. The van der Waals surface area contributed by atoms with Gasteiger partial charge in [0.2, 0.25) is 0 Å². The van der Waals surface area contributed by atoms with Gasteiger partial charge in [0.15, 0.2) is 5.65 Å². The zero-order chi connectivity index (χ0) is 26.1. The molecule has 5 aromatic rings. The van der Waals surface area contributed by atoms with E-state index in [0.717, 1.165) is 50.5 Å². The molecular formula is C31H29N5O2. The molecule has 1 saturated heterocycles. The van der Waals surface area contributed by atoms with E-state index >= 15 is 0 Å². The Balaban J connectivity index is 1.39. The van der Waals surface area contributed by atoms with Crippen LogP contribution in [0.2, 0.25) is 0 Å². The van der Waals surface area contributed by atoms with Crippen molar-refractivity contribution >= 4 is 22.8 Å². The highest BCUT2D eigenvalue weighted by Crippen LogP contribution is 2.38. The number of nitrogens with zero attached hydrogens (tertiary/aromatic N) is 5. The number of rotatable bonds is 5. The van der Waals surface area contributed by atoms with E-state index in [4.69, 9.17) is 14.7 Å². The second-order valence-corrected chi connectivity index (χ2v) is 9.50. The molecule has 7 heteroatoms. The van der Waals surface area contributed by atoms with Crippen LogP contribution in [-0.2, 0) is 0 Å². The zero-order valence-electron chi connectivity index (χ0n) is 21.5. The minimum Gasteiger partial charge on any atom is -0.495 e. The number of aryl methyl sites for hydroxylation is 1. The van der Waals surface area contributed by atoms with Gasteiger partial charge >= 0.3 is 0 Å². The minimum absolute atomic E-state index is 0.0773. The fourth-order valence-electron chi connectivity index (χ4n) is 5.22. The van der Waals surface area contributed by atoms with E-state index in [9.17, 15) is 4.79 Å². The molecule has 6 rings (SSSR count). The molecule has 7 nitrogen and oxygen atoms in total. The fourth-order valence-corrected chi connectivity index (χ4v) is 5.22. The molecule has 0 atom stereocenters. The smallest absolute Gasteiger partial charge is 0.253 e. The van der Waals surface area contributed by atoms with Gasteiger partial charge in [-0.2, -0.15) is 0 Å². The van der Waals surface area contributed by atoms with E-state index in [1.54, 1.807) is 13.4 Å². The summed E-state index contributed by atoms with van der Waals surface area (Å²) in [5, 5.41) is 0.989. The van der Waals surface area contributed by atoms with E-state index in [1.807, 2.05) is 78.6 Å². The van der Waals surface area contributed by atoms with Crippen LogP contribution in [0.15, 0.2) is 91.4 Å². The highest BCUT2D eigenvalue weighted by Gasteiger charge is 2.27. The van der Waals surface area contributed by atoms with E-state index in [1.165, 1.54) is 0 Å². The summed E-state index contributed by atoms with van der Waals surface area (Å²) in [4.78, 5) is 26.8. The van der Waals surface area contributed by atoms with Gasteiger partial charge in [-0.1, -0.05) is 60.2 Å². The Labute approximate surface area is 221 Å². The Morgan fingerprint density at radius 1 is 0.868 bits per heavy atom. The molecule has 1 fully saturated rings. The normalized spacial score (nSPS) is 13.6. The highest BCUT2D eigenvalue weighted by molar-refractivity contribution is 6.02. The van der Waals surface area contributed by atoms with Crippen molar-refractivity contribution in [1.29, 1.82) is 0 Å². The Kier molecular flexibility index (Phi) is 6.25. The number of para-hydroxylation sites is 2. The van der Waals surface area contributed by atoms with Gasteiger partial charge in [-0.3, -0.25) is 9.36 Å². The summed E-state index contributed by atoms with van der Waals surface area (Å²) in [5.41, 5.74) is 5.71. The molecule has 0 unspecified atom stereocenters. The molecule has 3 heterocycles. The molecule has 0 N–H and O–H groups in total. The molecule has 3 aromatic carbocycles. The lowest BCUT2D eigenvalue weighted by atomic mass is 10.1. The Morgan fingerprint density at radius 3 is 2.39 bits per heavy atom. The first-order chi connectivity index (χ1) is 18.6. The summed E-state index contributed by atoms with van der Waals surface area (Å²) in [5.74, 6) is 1.73. The van der Waals surface area contributed by atoms with Gasteiger partial charge < -0.3 is 14.5 Å². The van der Waals surface area contributed by atoms with Gasteiger partial charge in [-0.25, -0.2) is 9.97 Å². The Morgan fingerprint density at radius 2 is 1.63 bits per heavy atom. The highest BCUT2D eigenvalue weighted by atomic mass is 16.5. The number of carbonyl (C=O) groups excluding carboxylic acids is 1. The zero-order valence-corrected chi connectivity index (χ0v) is 21.5. The topological polar surface area (TPSA) is 63.5 Å². The van der Waals surface area contributed by atoms with Gasteiger partial charge in [-0.15, -0.1) is 0 Å². The van der Waals surface area contributed by atoms with Crippen LogP contribution in [0.5, 0.6) is 5.75 Å². The monoisotopic (exact) mass is 503 g/mol. The predicted molar refractivity (Wildman–Crippen MR) is 150 cm³/mol. The van der Waals surface area contributed by atoms with Gasteiger partial charge in [0.1, 0.15) is 17.9 Å². The molecule has 38 heavy (non-hydrogen) atoms. The molecule has 1 aliphatic rings. The number of amides is 1. The van der Waals surface area contributed by atoms with Crippen LogP contribution in [0, 0.1) is 6.92 Å². The number of ether oxygens (including phenoxy) is 1. The average molecular weight is 504 g/mol. The van der Waals surface area contributed by atoms with Gasteiger partial charge in [0.05, 0.1) is 18.2 Å². The summed E-state index contributed by atoms with van der Waals surface area (Å²) in [6.07, 6.45) is 3.75. The minimum atomic E-state index is 0.0773. The lowest BCUT2D eigenvalue weighted by Gasteiger charge is -2.35. The first-order valence-electron chi connectivity index (χ1n) is 12.8. The summed E-state index contributed by atoms with van der Waals surface area (Å²) < 4.78 is 7.76.